The molecule has 0 saturated carbocycles. The molecule has 0 aliphatic carbocycles. The molecule has 0 aromatic heterocycles. The van der Waals surface area contributed by atoms with Crippen molar-refractivity contribution in [3.8, 4) is 5.75 Å². The van der Waals surface area contributed by atoms with Crippen LogP contribution in [0.3, 0.4) is 0 Å². The number of rotatable bonds is 6. The predicted octanol–water partition coefficient (Wildman–Crippen LogP) is 3.02. The van der Waals surface area contributed by atoms with Crippen molar-refractivity contribution in [3.05, 3.63) is 29.3 Å². The van der Waals surface area contributed by atoms with Crippen LogP contribution in [0.15, 0.2) is 18.2 Å². The quantitative estimate of drug-likeness (QED) is 0.841. The van der Waals surface area contributed by atoms with Crippen LogP contribution in [0.2, 0.25) is 0 Å². The van der Waals surface area contributed by atoms with E-state index in [0.29, 0.717) is 24.9 Å². The maximum absolute atomic E-state index is 5.75. The van der Waals surface area contributed by atoms with Gasteiger partial charge in [-0.2, -0.15) is 0 Å². The van der Waals surface area contributed by atoms with Crippen LogP contribution in [-0.2, 0) is 5.41 Å². The third kappa shape index (κ3) is 4.22. The summed E-state index contributed by atoms with van der Waals surface area (Å²) in [6.45, 7) is 10.2. The lowest BCUT2D eigenvalue weighted by atomic mass is 9.82. The lowest BCUT2D eigenvalue weighted by Crippen LogP contribution is -2.24. The first kappa shape index (κ1) is 17.0. The number of hydrogen-bond donors (Lipinski definition) is 2. The van der Waals surface area contributed by atoms with E-state index in [-0.39, 0.29) is 5.41 Å². The standard InChI is InChI=1S/C17H30N2O/c1-12(8-13(10-18)11-19)14-6-7-16(20-5)15(9-14)17(2,3)4/h6-7,9,12-13H,8,10-11,18-19H2,1-5H3. The molecule has 1 aromatic rings. The van der Waals surface area contributed by atoms with Crippen LogP contribution in [0, 0.1) is 5.92 Å². The maximum Gasteiger partial charge on any atom is 0.122 e. The van der Waals surface area contributed by atoms with Gasteiger partial charge in [0.25, 0.3) is 0 Å². The minimum Gasteiger partial charge on any atom is -0.496 e. The van der Waals surface area contributed by atoms with Crippen LogP contribution in [0.4, 0.5) is 0 Å². The molecule has 1 atom stereocenters. The summed E-state index contributed by atoms with van der Waals surface area (Å²) in [7, 11) is 1.73. The Bertz CT molecular complexity index is 419. The van der Waals surface area contributed by atoms with Crippen LogP contribution in [0.5, 0.6) is 5.75 Å². The first-order valence-corrected chi connectivity index (χ1v) is 7.42. The van der Waals surface area contributed by atoms with E-state index in [2.05, 4.69) is 45.9 Å². The second kappa shape index (κ2) is 7.09. The molecule has 0 saturated heterocycles. The zero-order valence-corrected chi connectivity index (χ0v) is 13.6. The van der Waals surface area contributed by atoms with Crippen LogP contribution < -0.4 is 16.2 Å². The summed E-state index contributed by atoms with van der Waals surface area (Å²) in [4.78, 5) is 0. The second-order valence-corrected chi connectivity index (χ2v) is 6.68. The van der Waals surface area contributed by atoms with Crippen LogP contribution in [0.25, 0.3) is 0 Å². The number of ether oxygens (including phenoxy) is 1. The van der Waals surface area contributed by atoms with E-state index in [0.717, 1.165) is 12.2 Å². The Kier molecular flexibility index (Phi) is 6.03. The molecule has 20 heavy (non-hydrogen) atoms. The molecule has 0 fully saturated rings. The monoisotopic (exact) mass is 278 g/mol. The summed E-state index contributed by atoms with van der Waals surface area (Å²) >= 11 is 0. The van der Waals surface area contributed by atoms with Crippen molar-refractivity contribution in [1.82, 2.24) is 0 Å². The van der Waals surface area contributed by atoms with Crippen LogP contribution >= 0.6 is 0 Å². The average molecular weight is 278 g/mol. The minimum atomic E-state index is 0.0716. The molecule has 3 nitrogen and oxygen atoms in total. The van der Waals surface area contributed by atoms with E-state index >= 15 is 0 Å². The van der Waals surface area contributed by atoms with E-state index in [1.807, 2.05) is 0 Å². The van der Waals surface area contributed by atoms with Gasteiger partial charge in [0.15, 0.2) is 0 Å². The molecule has 1 unspecified atom stereocenters. The molecular formula is C17H30N2O. The van der Waals surface area contributed by atoms with Gasteiger partial charge < -0.3 is 16.2 Å². The molecule has 1 aromatic carbocycles. The van der Waals surface area contributed by atoms with Gasteiger partial charge in [-0.1, -0.05) is 39.8 Å². The Balaban J connectivity index is 3.02. The van der Waals surface area contributed by atoms with Crippen molar-refractivity contribution in [1.29, 1.82) is 0 Å². The summed E-state index contributed by atoms with van der Waals surface area (Å²) in [5.41, 5.74) is 14.2. The maximum atomic E-state index is 5.75. The first-order chi connectivity index (χ1) is 9.33. The van der Waals surface area contributed by atoms with Gasteiger partial charge in [-0.25, -0.2) is 0 Å². The van der Waals surface area contributed by atoms with Gasteiger partial charge in [-0.05, 0) is 54.0 Å². The number of nitrogens with two attached hydrogens (primary N) is 2. The highest BCUT2D eigenvalue weighted by atomic mass is 16.5. The third-order valence-electron chi connectivity index (χ3n) is 3.95. The summed E-state index contributed by atoms with van der Waals surface area (Å²) in [6.07, 6.45) is 1.03. The van der Waals surface area contributed by atoms with Crippen LogP contribution in [0.1, 0.15) is 51.2 Å². The van der Waals surface area contributed by atoms with Crippen molar-refractivity contribution in [2.24, 2.45) is 17.4 Å². The molecule has 0 bridgehead atoms. The highest BCUT2D eigenvalue weighted by Gasteiger charge is 2.21. The van der Waals surface area contributed by atoms with Gasteiger partial charge in [0.05, 0.1) is 7.11 Å². The van der Waals surface area contributed by atoms with E-state index in [1.165, 1.54) is 11.1 Å². The van der Waals surface area contributed by atoms with Crippen molar-refractivity contribution in [2.75, 3.05) is 20.2 Å². The molecule has 0 aliphatic heterocycles. The molecule has 0 radical (unpaired) electrons. The highest BCUT2D eigenvalue weighted by molar-refractivity contribution is 5.42. The fourth-order valence-corrected chi connectivity index (χ4v) is 2.54. The zero-order valence-electron chi connectivity index (χ0n) is 13.6. The normalized spacial score (nSPS) is 13.6. The van der Waals surface area contributed by atoms with Gasteiger partial charge in [0, 0.05) is 0 Å². The Hall–Kier alpha value is -1.06. The van der Waals surface area contributed by atoms with E-state index < -0.39 is 0 Å². The molecule has 0 spiro atoms. The molecule has 1 rings (SSSR count). The smallest absolute Gasteiger partial charge is 0.122 e. The van der Waals surface area contributed by atoms with Gasteiger partial charge in [-0.3, -0.25) is 0 Å². The molecule has 0 aliphatic rings. The Morgan fingerprint density at radius 3 is 2.20 bits per heavy atom. The number of hydrogen-bond acceptors (Lipinski definition) is 3. The molecule has 3 heteroatoms. The minimum absolute atomic E-state index is 0.0716. The molecule has 114 valence electrons. The highest BCUT2D eigenvalue weighted by Crippen LogP contribution is 2.34. The van der Waals surface area contributed by atoms with Crippen molar-refractivity contribution in [2.45, 2.75) is 45.4 Å². The van der Waals surface area contributed by atoms with Gasteiger partial charge >= 0.3 is 0 Å². The predicted molar refractivity (Wildman–Crippen MR) is 86.3 cm³/mol. The Morgan fingerprint density at radius 2 is 1.75 bits per heavy atom. The largest absolute Gasteiger partial charge is 0.496 e. The van der Waals surface area contributed by atoms with E-state index in [9.17, 15) is 0 Å². The van der Waals surface area contributed by atoms with Crippen molar-refractivity contribution >= 4 is 0 Å². The van der Waals surface area contributed by atoms with Gasteiger partial charge in [0.2, 0.25) is 0 Å². The van der Waals surface area contributed by atoms with Gasteiger partial charge in [-0.15, -0.1) is 0 Å². The topological polar surface area (TPSA) is 61.3 Å². The van der Waals surface area contributed by atoms with Crippen molar-refractivity contribution < 1.29 is 4.74 Å². The first-order valence-electron chi connectivity index (χ1n) is 7.42. The Morgan fingerprint density at radius 1 is 1.15 bits per heavy atom. The fraction of sp³-hybridized carbons (Fsp3) is 0.647. The molecular weight excluding hydrogens is 248 g/mol. The SMILES string of the molecule is COc1ccc(C(C)CC(CN)CN)cc1C(C)(C)C. The zero-order chi connectivity index (χ0) is 15.3. The number of benzene rings is 1. The fourth-order valence-electron chi connectivity index (χ4n) is 2.54. The second-order valence-electron chi connectivity index (χ2n) is 6.68. The lowest BCUT2D eigenvalue weighted by Gasteiger charge is -2.25. The molecule has 4 N–H and O–H groups in total. The van der Waals surface area contributed by atoms with Gasteiger partial charge in [0.1, 0.15) is 5.75 Å². The summed E-state index contributed by atoms with van der Waals surface area (Å²) in [5, 5.41) is 0. The number of methoxy groups -OCH3 is 1. The molecule has 0 heterocycles. The average Bonchev–Trinajstić information content (AvgIpc) is 2.42. The lowest BCUT2D eigenvalue weighted by molar-refractivity contribution is 0.396. The van der Waals surface area contributed by atoms with E-state index in [1.54, 1.807) is 7.11 Å². The molecule has 0 amide bonds. The third-order valence-corrected chi connectivity index (χ3v) is 3.95. The van der Waals surface area contributed by atoms with E-state index in [4.69, 9.17) is 16.2 Å². The summed E-state index contributed by atoms with van der Waals surface area (Å²) < 4.78 is 5.49. The summed E-state index contributed by atoms with van der Waals surface area (Å²) in [5.74, 6) is 1.81. The Labute approximate surface area is 123 Å². The van der Waals surface area contributed by atoms with Crippen LogP contribution in [-0.4, -0.2) is 20.2 Å². The van der Waals surface area contributed by atoms with Crippen molar-refractivity contribution in [3.63, 3.8) is 0 Å². The summed E-state index contributed by atoms with van der Waals surface area (Å²) in [6, 6.07) is 6.50.